The van der Waals surface area contributed by atoms with Crippen LogP contribution in [0.5, 0.6) is 0 Å². The fraction of sp³-hybridized carbons (Fsp3) is 0.286. The zero-order valence-corrected chi connectivity index (χ0v) is 11.1. The Hall–Kier alpha value is -0.214. The Morgan fingerprint density at radius 1 is 1.21 bits per heavy atom. The second kappa shape index (κ2) is 4.54. The second-order valence-corrected chi connectivity index (χ2v) is 2.67. The van der Waals surface area contributed by atoms with Crippen molar-refractivity contribution in [3.63, 3.8) is 0 Å². The number of fused-ring (bicyclic) bond motifs is 1. The van der Waals surface area contributed by atoms with E-state index in [9.17, 15) is 9.59 Å². The molecule has 2 aromatic heterocycles. The van der Waals surface area contributed by atoms with Gasteiger partial charge in [0.25, 0.3) is 5.56 Å². The molecule has 3 N–H and O–H groups in total. The van der Waals surface area contributed by atoms with Crippen molar-refractivity contribution in [3.05, 3.63) is 26.7 Å². The van der Waals surface area contributed by atoms with Crippen LogP contribution in [0.25, 0.3) is 11.2 Å². The van der Waals surface area contributed by atoms with E-state index in [1.165, 1.54) is 0 Å². The van der Waals surface area contributed by atoms with Crippen LogP contribution >= 0.6 is 0 Å². The molecule has 0 saturated carbocycles. The van der Waals surface area contributed by atoms with Gasteiger partial charge in [-0.25, -0.2) is 9.78 Å². The largest absolute Gasteiger partial charge is 0.336 e. The van der Waals surface area contributed by atoms with Gasteiger partial charge >= 0.3 is 5.69 Å². The van der Waals surface area contributed by atoms with Gasteiger partial charge < -0.3 is 4.98 Å². The van der Waals surface area contributed by atoms with Crippen LogP contribution < -0.4 is 11.2 Å². The predicted octanol–water partition coefficient (Wildman–Crippen LogP) is -0.879. The first-order chi connectivity index (χ1) is 6.20. The van der Waals surface area contributed by atoms with Gasteiger partial charge in [0.05, 0.1) is 0 Å². The number of rotatable bonds is 1. The molecule has 0 fully saturated rings. The molecular formula is C7H8KN4O2. The summed E-state index contributed by atoms with van der Waals surface area (Å²) >= 11 is 0. The maximum Gasteiger partial charge on any atom is 0.327 e. The third-order valence-corrected chi connectivity index (χ3v) is 1.77. The number of imidazole rings is 1. The van der Waals surface area contributed by atoms with Crippen LogP contribution in [0.2, 0.25) is 0 Å². The minimum atomic E-state index is -0.536. The van der Waals surface area contributed by atoms with E-state index in [4.69, 9.17) is 0 Å². The first-order valence-corrected chi connectivity index (χ1v) is 3.92. The van der Waals surface area contributed by atoms with Crippen molar-refractivity contribution in [2.75, 3.05) is 0 Å². The molecule has 0 amide bonds. The Labute approximate surface area is 121 Å². The summed E-state index contributed by atoms with van der Waals surface area (Å²) in [5.41, 5.74) is -0.348. The van der Waals surface area contributed by atoms with Crippen molar-refractivity contribution in [3.8, 4) is 0 Å². The van der Waals surface area contributed by atoms with E-state index in [1.807, 2.05) is 6.92 Å². The van der Waals surface area contributed by atoms with Gasteiger partial charge in [-0.15, -0.1) is 0 Å². The Morgan fingerprint density at radius 2 is 1.93 bits per heavy atom. The third-order valence-electron chi connectivity index (χ3n) is 1.77. The molecule has 2 rings (SSSR count). The average Bonchev–Trinajstić information content (AvgIpc) is 2.47. The molecule has 2 heterocycles. The molecule has 1 radical (unpaired) electrons. The summed E-state index contributed by atoms with van der Waals surface area (Å²) in [6.07, 6.45) is 0.691. The summed E-state index contributed by atoms with van der Waals surface area (Å²) in [6, 6.07) is 0. The number of aryl methyl sites for hydroxylation is 1. The summed E-state index contributed by atoms with van der Waals surface area (Å²) in [5.74, 6) is 0.683. The molecule has 6 nitrogen and oxygen atoms in total. The van der Waals surface area contributed by atoms with Gasteiger partial charge in [0.1, 0.15) is 11.3 Å². The molecule has 0 aromatic carbocycles. The second-order valence-electron chi connectivity index (χ2n) is 2.67. The van der Waals surface area contributed by atoms with Crippen LogP contribution in [0.1, 0.15) is 12.7 Å². The van der Waals surface area contributed by atoms with Crippen LogP contribution in [-0.4, -0.2) is 71.3 Å². The quantitative estimate of drug-likeness (QED) is 0.544. The Morgan fingerprint density at radius 3 is 2.57 bits per heavy atom. The zero-order chi connectivity index (χ0) is 9.42. The van der Waals surface area contributed by atoms with Crippen LogP contribution in [0, 0.1) is 0 Å². The Kier molecular flexibility index (Phi) is 3.84. The molecule has 0 aliphatic heterocycles. The first-order valence-electron chi connectivity index (χ1n) is 3.92. The van der Waals surface area contributed by atoms with E-state index in [-0.39, 0.29) is 51.4 Å². The molecule has 2 aromatic rings. The molecule has 0 aliphatic rings. The summed E-state index contributed by atoms with van der Waals surface area (Å²) in [6.45, 7) is 1.91. The normalized spacial score (nSPS) is 10.1. The topological polar surface area (TPSA) is 94.4 Å². The number of nitrogens with one attached hydrogen (secondary N) is 3. The molecule has 69 valence electrons. The molecule has 0 spiro atoms. The van der Waals surface area contributed by atoms with Crippen LogP contribution in [0.3, 0.4) is 0 Å². The van der Waals surface area contributed by atoms with E-state index in [2.05, 4.69) is 19.9 Å². The minimum Gasteiger partial charge on any atom is -0.336 e. The zero-order valence-electron chi connectivity index (χ0n) is 7.97. The Balaban J connectivity index is 0.000000980. The monoisotopic (exact) mass is 219 g/mol. The predicted molar refractivity (Wildman–Crippen MR) is 52.5 cm³/mol. The number of nitrogens with zero attached hydrogens (tertiary/aromatic N) is 1. The average molecular weight is 219 g/mol. The molecule has 0 bridgehead atoms. The molecule has 7 heteroatoms. The molecule has 0 saturated heterocycles. The number of hydrogen-bond acceptors (Lipinski definition) is 3. The van der Waals surface area contributed by atoms with E-state index >= 15 is 0 Å². The Bertz CT molecular complexity index is 553. The fourth-order valence-electron chi connectivity index (χ4n) is 1.15. The van der Waals surface area contributed by atoms with Crippen molar-refractivity contribution >= 4 is 62.5 Å². The summed E-state index contributed by atoms with van der Waals surface area (Å²) in [4.78, 5) is 33.4. The molecule has 14 heavy (non-hydrogen) atoms. The van der Waals surface area contributed by atoms with Crippen LogP contribution in [0.4, 0.5) is 0 Å². The number of hydrogen-bond donors (Lipinski definition) is 3. The van der Waals surface area contributed by atoms with Gasteiger partial charge in [-0.05, 0) is 0 Å². The maximum atomic E-state index is 11.2. The van der Waals surface area contributed by atoms with Crippen molar-refractivity contribution in [2.45, 2.75) is 13.3 Å². The minimum absolute atomic E-state index is 0. The third kappa shape index (κ3) is 2.06. The summed E-state index contributed by atoms with van der Waals surface area (Å²) in [5, 5.41) is 0. The van der Waals surface area contributed by atoms with Gasteiger partial charge in [-0.1, -0.05) is 6.92 Å². The SMILES string of the molecule is CCc1nc2[nH]c(=O)[nH]c(=O)c2[nH]1.[K]. The maximum absolute atomic E-state index is 11.2. The fourth-order valence-corrected chi connectivity index (χ4v) is 1.15. The van der Waals surface area contributed by atoms with Crippen molar-refractivity contribution in [1.82, 2.24) is 19.9 Å². The van der Waals surface area contributed by atoms with E-state index in [0.717, 1.165) is 0 Å². The number of H-pyrrole nitrogens is 3. The summed E-state index contributed by atoms with van der Waals surface area (Å²) < 4.78 is 0. The van der Waals surface area contributed by atoms with Crippen LogP contribution in [0.15, 0.2) is 9.59 Å². The van der Waals surface area contributed by atoms with Gasteiger partial charge in [0, 0.05) is 57.8 Å². The van der Waals surface area contributed by atoms with E-state index in [0.29, 0.717) is 23.4 Å². The van der Waals surface area contributed by atoms with Crippen molar-refractivity contribution < 1.29 is 0 Å². The molecule has 0 aliphatic carbocycles. The summed E-state index contributed by atoms with van der Waals surface area (Å²) in [7, 11) is 0. The van der Waals surface area contributed by atoms with E-state index in [1.54, 1.807) is 0 Å². The molecular weight excluding hydrogens is 211 g/mol. The van der Waals surface area contributed by atoms with Crippen LogP contribution in [-0.2, 0) is 6.42 Å². The van der Waals surface area contributed by atoms with Gasteiger partial charge in [-0.2, -0.15) is 0 Å². The standard InChI is InChI=1S/C7H8N4O2.K/c1-2-3-8-4-5(9-3)10-7(13)11-6(4)12;/h2H2,1H3,(H3,8,9,10,11,12,13);. The van der Waals surface area contributed by atoms with Gasteiger partial charge in [0.15, 0.2) is 5.65 Å². The van der Waals surface area contributed by atoms with Crippen molar-refractivity contribution in [2.24, 2.45) is 0 Å². The van der Waals surface area contributed by atoms with E-state index < -0.39 is 11.2 Å². The van der Waals surface area contributed by atoms with Gasteiger partial charge in [-0.3, -0.25) is 14.8 Å². The number of aromatic amines is 3. The molecule has 0 atom stereocenters. The first kappa shape index (κ1) is 11.9. The smallest absolute Gasteiger partial charge is 0.327 e. The number of aromatic nitrogens is 4. The molecule has 0 unspecified atom stereocenters. The van der Waals surface area contributed by atoms with Crippen molar-refractivity contribution in [1.29, 1.82) is 0 Å². The van der Waals surface area contributed by atoms with Gasteiger partial charge in [0.2, 0.25) is 0 Å².